The molecule has 0 spiro atoms. The number of allylic oxidation sites excluding steroid dienone is 2. The standard InChI is InChI=1S/C48H39N5O/c1-47(49)27-26-34(30-48(2,54)29-28-47)46-41-24-22-39(52-41)44(32-14-8-4-9-15-32)37-20-18-35(50-37)43(31-12-6-3-7-13-31)36-19-21-38(51-36)45(33-16-10-5-11-17-33)40-23-25-42(46)53-40/h3-30,50,53-54H,49H2,1-2H3/b27-26-,29-28-,34-30+,43-35?,43-36?,44-37?,44-39?,45-38?,45-40?,46-41?,46-42?. The van der Waals surface area contributed by atoms with Gasteiger partial charge < -0.3 is 20.8 Å². The number of H-pyrrole nitrogens is 2. The van der Waals surface area contributed by atoms with Crippen LogP contribution in [0.4, 0.5) is 0 Å². The Balaban J connectivity index is 1.47. The molecule has 0 amide bonds. The first kappa shape index (κ1) is 33.3. The molecule has 262 valence electrons. The summed E-state index contributed by atoms with van der Waals surface area (Å²) >= 11 is 0. The Bertz CT molecular complexity index is 2710. The molecule has 3 aromatic heterocycles. The van der Waals surface area contributed by atoms with Crippen molar-refractivity contribution >= 4 is 51.9 Å². The average Bonchev–Trinajstić information content (AvgIpc) is 4.02. The van der Waals surface area contributed by atoms with Crippen LogP contribution in [-0.4, -0.2) is 36.2 Å². The fourth-order valence-corrected chi connectivity index (χ4v) is 7.47. The highest BCUT2D eigenvalue weighted by Gasteiger charge is 2.24. The number of nitrogens with two attached hydrogens (primary N) is 1. The molecule has 5 N–H and O–H groups in total. The van der Waals surface area contributed by atoms with Crippen LogP contribution >= 0.6 is 0 Å². The molecule has 6 nitrogen and oxygen atoms in total. The zero-order valence-corrected chi connectivity index (χ0v) is 30.1. The molecule has 5 heterocycles. The maximum atomic E-state index is 11.6. The lowest BCUT2D eigenvalue weighted by atomic mass is 9.89. The van der Waals surface area contributed by atoms with E-state index in [4.69, 9.17) is 15.7 Å². The predicted octanol–water partition coefficient (Wildman–Crippen LogP) is 10.6. The number of aromatic nitrogens is 4. The number of hydrogen-bond acceptors (Lipinski definition) is 4. The van der Waals surface area contributed by atoms with E-state index in [1.165, 1.54) is 0 Å². The average molecular weight is 702 g/mol. The van der Waals surface area contributed by atoms with Crippen molar-refractivity contribution in [3.63, 3.8) is 0 Å². The highest BCUT2D eigenvalue weighted by Crippen LogP contribution is 2.38. The van der Waals surface area contributed by atoms with Crippen LogP contribution in [0, 0.1) is 0 Å². The van der Waals surface area contributed by atoms with Crippen molar-refractivity contribution in [1.82, 2.24) is 19.9 Å². The smallest absolute Gasteiger partial charge is 0.0990 e. The molecule has 6 heteroatoms. The first-order valence-corrected chi connectivity index (χ1v) is 18.2. The van der Waals surface area contributed by atoms with Crippen LogP contribution < -0.4 is 5.73 Å². The summed E-state index contributed by atoms with van der Waals surface area (Å²) in [4.78, 5) is 18.3. The molecule has 2 unspecified atom stereocenters. The molecule has 9 rings (SSSR count). The largest absolute Gasteiger partial charge is 0.382 e. The number of rotatable bonds is 4. The minimum absolute atomic E-state index is 0.757. The monoisotopic (exact) mass is 701 g/mol. The SMILES string of the molecule is CC1(N)/C=C\C(c2c3nc(c(-c4ccccc4)c4ccc([nH]4)c(-c4ccccc4)c4nc(c(-c5ccccc5)c5ccc2[nH]5)C=C4)C=C3)=C/C(C)(O)/C=C\1. The van der Waals surface area contributed by atoms with Gasteiger partial charge in [0.15, 0.2) is 0 Å². The Morgan fingerprint density at radius 3 is 1.24 bits per heavy atom. The van der Waals surface area contributed by atoms with Crippen molar-refractivity contribution in [2.45, 2.75) is 25.0 Å². The van der Waals surface area contributed by atoms with E-state index < -0.39 is 11.1 Å². The second-order valence-corrected chi connectivity index (χ2v) is 14.5. The first-order valence-electron chi connectivity index (χ1n) is 18.2. The van der Waals surface area contributed by atoms with Gasteiger partial charge in [-0.1, -0.05) is 115 Å². The third-order valence-electron chi connectivity index (χ3n) is 10.1. The number of hydrogen-bond donors (Lipinski definition) is 4. The van der Waals surface area contributed by atoms with Gasteiger partial charge in [-0.25, -0.2) is 9.97 Å². The summed E-state index contributed by atoms with van der Waals surface area (Å²) < 4.78 is 0. The second kappa shape index (κ2) is 13.1. The van der Waals surface area contributed by atoms with Gasteiger partial charge in [-0.2, -0.15) is 0 Å². The number of nitrogens with one attached hydrogen (secondary N) is 2. The summed E-state index contributed by atoms with van der Waals surface area (Å²) in [5, 5.41) is 11.6. The number of nitrogens with zero attached hydrogens (tertiary/aromatic N) is 2. The van der Waals surface area contributed by atoms with Crippen molar-refractivity contribution in [3.8, 4) is 33.4 Å². The molecule has 3 aromatic carbocycles. The molecule has 2 atom stereocenters. The minimum atomic E-state index is -1.26. The number of benzene rings is 3. The fourth-order valence-electron chi connectivity index (χ4n) is 7.47. The van der Waals surface area contributed by atoms with Crippen molar-refractivity contribution < 1.29 is 5.11 Å². The zero-order chi connectivity index (χ0) is 36.9. The van der Waals surface area contributed by atoms with Gasteiger partial charge in [0.05, 0.1) is 33.9 Å². The molecule has 0 saturated heterocycles. The summed E-state index contributed by atoms with van der Waals surface area (Å²) in [6.07, 6.45) is 17.8. The highest BCUT2D eigenvalue weighted by atomic mass is 16.3. The fraction of sp³-hybridized carbons (Fsp3) is 0.0833. The second-order valence-electron chi connectivity index (χ2n) is 14.5. The van der Waals surface area contributed by atoms with Gasteiger partial charge >= 0.3 is 0 Å². The normalized spacial score (nSPS) is 21.2. The van der Waals surface area contributed by atoms with Crippen molar-refractivity contribution in [2.75, 3.05) is 0 Å². The number of fused-ring (bicyclic) bond motifs is 8. The zero-order valence-electron chi connectivity index (χ0n) is 30.1. The van der Waals surface area contributed by atoms with Gasteiger partial charge in [-0.3, -0.25) is 0 Å². The van der Waals surface area contributed by atoms with E-state index >= 15 is 0 Å². The topological polar surface area (TPSA) is 104 Å². The highest BCUT2D eigenvalue weighted by molar-refractivity contribution is 5.99. The molecular formula is C48H39N5O. The Labute approximate surface area is 314 Å². The van der Waals surface area contributed by atoms with E-state index in [0.717, 1.165) is 89.4 Å². The molecule has 0 saturated carbocycles. The van der Waals surface area contributed by atoms with E-state index in [-0.39, 0.29) is 0 Å². The summed E-state index contributed by atoms with van der Waals surface area (Å²) in [6, 6.07) is 39.6. The molecular weight excluding hydrogens is 663 g/mol. The maximum Gasteiger partial charge on any atom is 0.0990 e. The lowest BCUT2D eigenvalue weighted by molar-refractivity contribution is 0.164. The Kier molecular flexibility index (Phi) is 8.07. The van der Waals surface area contributed by atoms with Gasteiger partial charge in [-0.05, 0) is 90.8 Å². The third-order valence-corrected chi connectivity index (χ3v) is 10.1. The molecule has 3 aliphatic rings. The van der Waals surface area contributed by atoms with Crippen LogP contribution in [0.15, 0.2) is 146 Å². The molecule has 1 aliphatic carbocycles. The van der Waals surface area contributed by atoms with E-state index in [1.807, 2.05) is 73.7 Å². The summed E-state index contributed by atoms with van der Waals surface area (Å²) in [7, 11) is 0. The summed E-state index contributed by atoms with van der Waals surface area (Å²) in [5.41, 5.74) is 19.3. The molecule has 0 fully saturated rings. The van der Waals surface area contributed by atoms with Crippen LogP contribution in [0.25, 0.3) is 85.3 Å². The Morgan fingerprint density at radius 1 is 0.463 bits per heavy atom. The Hall–Kier alpha value is -6.60. The third kappa shape index (κ3) is 6.28. The van der Waals surface area contributed by atoms with Crippen molar-refractivity contribution in [2.24, 2.45) is 5.73 Å². The predicted molar refractivity (Wildman–Crippen MR) is 225 cm³/mol. The van der Waals surface area contributed by atoms with Gasteiger partial charge in [0, 0.05) is 44.3 Å². The van der Waals surface area contributed by atoms with Crippen molar-refractivity contribution in [1.29, 1.82) is 0 Å². The Morgan fingerprint density at radius 2 is 0.833 bits per heavy atom. The molecule has 8 bridgehead atoms. The van der Waals surface area contributed by atoms with Crippen LogP contribution in [0.5, 0.6) is 0 Å². The van der Waals surface area contributed by atoms with Crippen molar-refractivity contribution in [3.05, 3.63) is 174 Å². The number of aliphatic hydroxyl groups is 1. The lowest BCUT2D eigenvalue weighted by Crippen LogP contribution is -2.33. The van der Waals surface area contributed by atoms with Gasteiger partial charge in [0.1, 0.15) is 0 Å². The van der Waals surface area contributed by atoms with E-state index in [0.29, 0.717) is 0 Å². The van der Waals surface area contributed by atoms with Gasteiger partial charge in [0.2, 0.25) is 0 Å². The molecule has 2 aliphatic heterocycles. The number of aromatic amines is 2. The molecule has 6 aromatic rings. The van der Waals surface area contributed by atoms with E-state index in [2.05, 4.69) is 107 Å². The summed E-state index contributed by atoms with van der Waals surface area (Å²) in [6.45, 7) is 3.69. The lowest BCUT2D eigenvalue weighted by Gasteiger charge is -2.23. The van der Waals surface area contributed by atoms with E-state index in [1.54, 1.807) is 13.0 Å². The molecule has 0 radical (unpaired) electrons. The van der Waals surface area contributed by atoms with Gasteiger partial charge in [-0.15, -0.1) is 0 Å². The van der Waals surface area contributed by atoms with Crippen LogP contribution in [0.3, 0.4) is 0 Å². The van der Waals surface area contributed by atoms with Crippen LogP contribution in [0.1, 0.15) is 42.2 Å². The van der Waals surface area contributed by atoms with E-state index in [9.17, 15) is 5.11 Å². The quantitative estimate of drug-likeness (QED) is 0.137. The summed E-state index contributed by atoms with van der Waals surface area (Å²) in [5.74, 6) is 0. The van der Waals surface area contributed by atoms with Crippen LogP contribution in [-0.2, 0) is 0 Å². The first-order chi connectivity index (χ1) is 26.2. The molecule has 54 heavy (non-hydrogen) atoms. The minimum Gasteiger partial charge on any atom is -0.382 e. The van der Waals surface area contributed by atoms with Crippen LogP contribution in [0.2, 0.25) is 0 Å². The van der Waals surface area contributed by atoms with Gasteiger partial charge in [0.25, 0.3) is 0 Å². The maximum absolute atomic E-state index is 11.6.